The molecule has 4 heterocycles. The van der Waals surface area contributed by atoms with Crippen LogP contribution in [0.4, 0.5) is 5.82 Å². The summed E-state index contributed by atoms with van der Waals surface area (Å²) in [5.74, 6) is 3.98. The molecule has 0 aromatic carbocycles. The minimum Gasteiger partial charge on any atom is -0.365 e. The largest absolute Gasteiger partial charge is 0.365 e. The molecule has 8 heteroatoms. The highest BCUT2D eigenvalue weighted by molar-refractivity contribution is 5.45. The molecule has 25 heavy (non-hydrogen) atoms. The normalized spacial score (nSPS) is 17.2. The molecule has 1 aliphatic heterocycles. The van der Waals surface area contributed by atoms with E-state index in [2.05, 4.69) is 57.3 Å². The van der Waals surface area contributed by atoms with Gasteiger partial charge in [-0.25, -0.2) is 14.6 Å². The van der Waals surface area contributed by atoms with Gasteiger partial charge in [-0.05, 0) is 12.8 Å². The smallest absolute Gasteiger partial charge is 0.254 e. The van der Waals surface area contributed by atoms with Gasteiger partial charge in [-0.1, -0.05) is 27.2 Å². The van der Waals surface area contributed by atoms with Gasteiger partial charge in [-0.3, -0.25) is 0 Å². The second kappa shape index (κ2) is 6.42. The second-order valence-electron chi connectivity index (χ2n) is 6.96. The highest BCUT2D eigenvalue weighted by Gasteiger charge is 2.23. The highest BCUT2D eigenvalue weighted by atomic mass is 15.4. The van der Waals surface area contributed by atoms with Gasteiger partial charge >= 0.3 is 0 Å². The van der Waals surface area contributed by atoms with Gasteiger partial charge in [-0.2, -0.15) is 19.7 Å². The Kier molecular flexibility index (Phi) is 4.10. The quantitative estimate of drug-likeness (QED) is 0.766. The van der Waals surface area contributed by atoms with Gasteiger partial charge in [0.05, 0.1) is 6.54 Å². The average Bonchev–Trinajstić information content (AvgIpc) is 3.21. The fourth-order valence-corrected chi connectivity index (χ4v) is 3.25. The van der Waals surface area contributed by atoms with E-state index in [1.54, 1.807) is 10.8 Å². The van der Waals surface area contributed by atoms with Gasteiger partial charge in [0.2, 0.25) is 0 Å². The zero-order valence-corrected chi connectivity index (χ0v) is 15.0. The third kappa shape index (κ3) is 3.08. The lowest BCUT2D eigenvalue weighted by atomic mass is 10.1. The number of fused-ring (bicyclic) bond motifs is 2. The number of aromatic nitrogens is 7. The maximum absolute atomic E-state index is 4.66. The van der Waals surface area contributed by atoms with Crippen molar-refractivity contribution < 1.29 is 0 Å². The van der Waals surface area contributed by atoms with E-state index in [0.29, 0.717) is 17.7 Å². The van der Waals surface area contributed by atoms with Gasteiger partial charge in [-0.15, -0.1) is 0 Å². The minimum atomic E-state index is 0.290. The molecule has 3 aromatic heterocycles. The third-order valence-corrected chi connectivity index (χ3v) is 4.55. The first-order valence-corrected chi connectivity index (χ1v) is 9.04. The second-order valence-corrected chi connectivity index (χ2v) is 6.96. The third-order valence-electron chi connectivity index (χ3n) is 4.55. The predicted molar refractivity (Wildman–Crippen MR) is 94.6 cm³/mol. The van der Waals surface area contributed by atoms with Crippen molar-refractivity contribution in [3.63, 3.8) is 0 Å². The summed E-state index contributed by atoms with van der Waals surface area (Å²) in [7, 11) is 0. The van der Waals surface area contributed by atoms with E-state index >= 15 is 0 Å². The first-order chi connectivity index (χ1) is 12.1. The van der Waals surface area contributed by atoms with Crippen molar-refractivity contribution >= 4 is 11.6 Å². The monoisotopic (exact) mass is 340 g/mol. The molecule has 1 atom stereocenters. The van der Waals surface area contributed by atoms with E-state index in [1.807, 2.05) is 4.68 Å². The molecule has 0 unspecified atom stereocenters. The van der Waals surface area contributed by atoms with Gasteiger partial charge in [0.25, 0.3) is 5.78 Å². The number of nitrogens with one attached hydrogen (secondary N) is 1. The van der Waals surface area contributed by atoms with Crippen LogP contribution in [0.1, 0.15) is 56.9 Å². The number of rotatable bonds is 5. The van der Waals surface area contributed by atoms with E-state index in [9.17, 15) is 0 Å². The molecule has 132 valence electrons. The first kappa shape index (κ1) is 16.0. The van der Waals surface area contributed by atoms with Crippen LogP contribution in [0.15, 0.2) is 12.4 Å². The Hall–Kier alpha value is -2.51. The fourth-order valence-electron chi connectivity index (χ4n) is 3.25. The average molecular weight is 340 g/mol. The van der Waals surface area contributed by atoms with Crippen molar-refractivity contribution in [2.75, 3.05) is 5.32 Å². The number of aryl methyl sites for hydroxylation is 2. The summed E-state index contributed by atoms with van der Waals surface area (Å²) in [5, 5.41) is 12.6. The Morgan fingerprint density at radius 2 is 2.20 bits per heavy atom. The molecule has 0 spiro atoms. The molecule has 1 aliphatic rings. The van der Waals surface area contributed by atoms with Crippen LogP contribution in [-0.4, -0.2) is 40.4 Å². The van der Waals surface area contributed by atoms with Crippen molar-refractivity contribution in [3.8, 4) is 0 Å². The molecule has 0 saturated carbocycles. The van der Waals surface area contributed by atoms with Crippen LogP contribution in [0.25, 0.3) is 5.78 Å². The lowest BCUT2D eigenvalue weighted by Crippen LogP contribution is -2.32. The lowest BCUT2D eigenvalue weighted by molar-refractivity contribution is 0.438. The maximum Gasteiger partial charge on any atom is 0.254 e. The zero-order valence-electron chi connectivity index (χ0n) is 15.0. The Bertz CT molecular complexity index is 878. The van der Waals surface area contributed by atoms with Crippen molar-refractivity contribution in [1.82, 2.24) is 34.3 Å². The first-order valence-electron chi connectivity index (χ1n) is 9.04. The van der Waals surface area contributed by atoms with Crippen LogP contribution < -0.4 is 5.32 Å². The van der Waals surface area contributed by atoms with E-state index in [-0.39, 0.29) is 0 Å². The Labute approximate surface area is 146 Å². The Morgan fingerprint density at radius 1 is 1.32 bits per heavy atom. The van der Waals surface area contributed by atoms with Crippen molar-refractivity contribution in [3.05, 3.63) is 29.7 Å². The summed E-state index contributed by atoms with van der Waals surface area (Å²) in [6, 6.07) is 2.38. The molecule has 1 N–H and O–H groups in total. The Balaban J connectivity index is 1.58. The molecule has 0 bridgehead atoms. The topological polar surface area (TPSA) is 85.8 Å². The van der Waals surface area contributed by atoms with Gasteiger partial charge in [0.15, 0.2) is 5.82 Å². The van der Waals surface area contributed by atoms with Crippen LogP contribution in [0.2, 0.25) is 0 Å². The lowest BCUT2D eigenvalue weighted by Gasteiger charge is -2.24. The van der Waals surface area contributed by atoms with E-state index in [1.165, 1.54) is 0 Å². The molecule has 0 fully saturated rings. The number of hydrogen-bond donors (Lipinski definition) is 1. The number of nitrogens with zero attached hydrogens (tertiary/aromatic N) is 7. The molecular weight excluding hydrogens is 316 g/mol. The maximum atomic E-state index is 4.66. The summed E-state index contributed by atoms with van der Waals surface area (Å²) in [5.41, 5.74) is 1.05. The molecular formula is C17H24N8. The summed E-state index contributed by atoms with van der Waals surface area (Å²) < 4.78 is 3.82. The highest BCUT2D eigenvalue weighted by Crippen LogP contribution is 2.20. The molecule has 8 nitrogen and oxygen atoms in total. The molecule has 0 amide bonds. The van der Waals surface area contributed by atoms with E-state index < -0.39 is 0 Å². The van der Waals surface area contributed by atoms with Gasteiger partial charge < -0.3 is 5.32 Å². The van der Waals surface area contributed by atoms with Crippen molar-refractivity contribution in [2.45, 2.75) is 65.0 Å². The van der Waals surface area contributed by atoms with Gasteiger partial charge in [0, 0.05) is 30.1 Å². The van der Waals surface area contributed by atoms with Crippen molar-refractivity contribution in [1.29, 1.82) is 0 Å². The van der Waals surface area contributed by atoms with E-state index in [4.69, 9.17) is 0 Å². The summed E-state index contributed by atoms with van der Waals surface area (Å²) in [6.07, 6.45) is 5.51. The zero-order chi connectivity index (χ0) is 17.4. The fraction of sp³-hybridized carbons (Fsp3) is 0.588. The van der Waals surface area contributed by atoms with Gasteiger partial charge in [0.1, 0.15) is 18.0 Å². The van der Waals surface area contributed by atoms with Crippen LogP contribution in [0, 0.1) is 0 Å². The number of hydrogen-bond acceptors (Lipinski definition) is 6. The van der Waals surface area contributed by atoms with E-state index in [0.717, 1.165) is 55.4 Å². The molecule has 0 radical (unpaired) electrons. The summed E-state index contributed by atoms with van der Waals surface area (Å²) >= 11 is 0. The minimum absolute atomic E-state index is 0.290. The number of anilines is 1. The summed E-state index contributed by atoms with van der Waals surface area (Å²) in [6.45, 7) is 7.23. The molecule has 0 saturated heterocycles. The van der Waals surface area contributed by atoms with Crippen LogP contribution >= 0.6 is 0 Å². The van der Waals surface area contributed by atoms with Crippen LogP contribution in [0.3, 0.4) is 0 Å². The standard InChI is InChI=1S/C17H24N8/c1-4-5-12-8-15(25-17(21-12)18-10-19-25)20-13-6-7-14-22-16(11(2)3)23-24(14)9-13/h8,10-11,13,20H,4-7,9H2,1-3H3/t13-/m1/s1. The predicted octanol–water partition coefficient (Wildman–Crippen LogP) is 2.22. The molecule has 4 rings (SSSR count). The molecule has 0 aliphatic carbocycles. The Morgan fingerprint density at radius 3 is 3.00 bits per heavy atom. The van der Waals surface area contributed by atoms with Crippen LogP contribution in [-0.2, 0) is 19.4 Å². The molecule has 3 aromatic rings. The SMILES string of the molecule is CCCc1cc(N[C@@H]2CCc3nc(C(C)C)nn3C2)n2ncnc2n1. The summed E-state index contributed by atoms with van der Waals surface area (Å²) in [4.78, 5) is 13.5. The van der Waals surface area contributed by atoms with Crippen LogP contribution in [0.5, 0.6) is 0 Å². The van der Waals surface area contributed by atoms with Crippen molar-refractivity contribution in [2.24, 2.45) is 0 Å².